The van der Waals surface area contributed by atoms with E-state index in [1.165, 1.54) is 4.57 Å². The normalized spacial score (nSPS) is 10.8. The molecule has 36 heavy (non-hydrogen) atoms. The van der Waals surface area contributed by atoms with Crippen LogP contribution < -0.4 is 21.9 Å². The zero-order valence-corrected chi connectivity index (χ0v) is 19.6. The number of nitrogens with two attached hydrogens (primary N) is 1. The van der Waals surface area contributed by atoms with Crippen molar-refractivity contribution in [1.29, 1.82) is 0 Å². The van der Waals surface area contributed by atoms with E-state index < -0.39 is 29.7 Å². The number of pyridine rings is 1. The van der Waals surface area contributed by atoms with Crippen molar-refractivity contribution < 1.29 is 14.3 Å². The number of esters is 1. The number of carbonyl (C=O) groups excluding carboxylic acids is 2. The van der Waals surface area contributed by atoms with Crippen molar-refractivity contribution in [3.8, 4) is 0 Å². The fourth-order valence-electron chi connectivity index (χ4n) is 3.96. The van der Waals surface area contributed by atoms with E-state index in [1.807, 2.05) is 48.5 Å². The fraction of sp³-hybridized carbons (Fsp3) is 0.192. The number of benzene rings is 2. The van der Waals surface area contributed by atoms with Crippen molar-refractivity contribution in [2.24, 2.45) is 0 Å². The van der Waals surface area contributed by atoms with Crippen LogP contribution in [-0.4, -0.2) is 39.6 Å². The van der Waals surface area contributed by atoms with E-state index >= 15 is 0 Å². The van der Waals surface area contributed by atoms with Crippen LogP contribution in [-0.2, 0) is 27.3 Å². The van der Waals surface area contributed by atoms with Crippen molar-refractivity contribution in [2.75, 3.05) is 23.8 Å². The van der Waals surface area contributed by atoms with Crippen LogP contribution in [0, 0.1) is 0 Å². The van der Waals surface area contributed by atoms with Gasteiger partial charge in [0, 0.05) is 18.1 Å². The van der Waals surface area contributed by atoms with Crippen molar-refractivity contribution in [1.82, 2.24) is 14.5 Å². The molecule has 4 aromatic rings. The molecule has 3 N–H and O–H groups in total. The summed E-state index contributed by atoms with van der Waals surface area (Å²) < 4.78 is 6.39. The molecule has 0 unspecified atom stereocenters. The number of aromatic amines is 1. The van der Waals surface area contributed by atoms with E-state index in [0.717, 1.165) is 15.8 Å². The van der Waals surface area contributed by atoms with E-state index in [2.05, 4.69) is 9.97 Å². The second kappa shape index (κ2) is 10.7. The van der Waals surface area contributed by atoms with E-state index in [1.54, 1.807) is 25.3 Å². The largest absolute Gasteiger partial charge is 0.455 e. The zero-order valence-electron chi connectivity index (χ0n) is 19.6. The van der Waals surface area contributed by atoms with Crippen LogP contribution in [0.5, 0.6) is 0 Å². The molecule has 0 aliphatic rings. The van der Waals surface area contributed by atoms with Gasteiger partial charge in [0.1, 0.15) is 5.82 Å². The standard InChI is InChI=1S/C26H25N5O5/c1-2-30(23-24(27)31(26(35)29-25(23)34)15-17-8-4-3-5-9-17)20(32)16-36-21(33)14-19-11-6-10-18-12-7-13-28-22(18)19/h3-13H,2,14-16,27H2,1H3,(H,29,34,35). The third-order valence-corrected chi connectivity index (χ3v) is 5.69. The molecule has 2 heterocycles. The molecule has 2 aromatic carbocycles. The first-order chi connectivity index (χ1) is 17.4. The van der Waals surface area contributed by atoms with Gasteiger partial charge in [0.05, 0.1) is 18.5 Å². The number of ether oxygens (including phenoxy) is 1. The Kier molecular flexibility index (Phi) is 7.24. The minimum absolute atomic E-state index is 0.0699. The molecule has 1 amide bonds. The molecular weight excluding hydrogens is 462 g/mol. The molecule has 0 aliphatic heterocycles. The van der Waals surface area contributed by atoms with Gasteiger partial charge in [-0.05, 0) is 24.1 Å². The maximum Gasteiger partial charge on any atom is 0.330 e. The lowest BCUT2D eigenvalue weighted by molar-refractivity contribution is -0.147. The minimum atomic E-state index is -0.801. The van der Waals surface area contributed by atoms with Gasteiger partial charge in [-0.25, -0.2) is 4.79 Å². The predicted molar refractivity (Wildman–Crippen MR) is 136 cm³/mol. The molecule has 10 heteroatoms. The zero-order chi connectivity index (χ0) is 25.7. The van der Waals surface area contributed by atoms with E-state index in [9.17, 15) is 19.2 Å². The molecular formula is C26H25N5O5. The van der Waals surface area contributed by atoms with Gasteiger partial charge < -0.3 is 15.4 Å². The SMILES string of the molecule is CCN(C(=O)COC(=O)Cc1cccc2cccnc12)c1c(N)n(Cc2ccccc2)c(=O)[nH]c1=O. The van der Waals surface area contributed by atoms with Gasteiger partial charge in [-0.3, -0.25) is 28.9 Å². The number of carbonyl (C=O) groups is 2. The van der Waals surface area contributed by atoms with Crippen molar-refractivity contribution in [2.45, 2.75) is 19.9 Å². The van der Waals surface area contributed by atoms with Gasteiger partial charge in [0.25, 0.3) is 11.5 Å². The number of anilines is 2. The molecule has 0 aliphatic carbocycles. The van der Waals surface area contributed by atoms with Gasteiger partial charge in [0.15, 0.2) is 12.3 Å². The molecule has 10 nitrogen and oxygen atoms in total. The third-order valence-electron chi connectivity index (χ3n) is 5.69. The van der Waals surface area contributed by atoms with Crippen molar-refractivity contribution in [3.05, 3.63) is 98.8 Å². The van der Waals surface area contributed by atoms with Crippen molar-refractivity contribution in [3.63, 3.8) is 0 Å². The second-order valence-corrected chi connectivity index (χ2v) is 8.03. The first-order valence-electron chi connectivity index (χ1n) is 11.3. The maximum atomic E-state index is 12.9. The number of nitrogens with zero attached hydrogens (tertiary/aromatic N) is 3. The quantitative estimate of drug-likeness (QED) is 0.362. The minimum Gasteiger partial charge on any atom is -0.455 e. The van der Waals surface area contributed by atoms with Crippen molar-refractivity contribution >= 4 is 34.3 Å². The maximum absolute atomic E-state index is 12.9. The topological polar surface area (TPSA) is 140 Å². The number of aromatic nitrogens is 3. The molecule has 0 spiro atoms. The average Bonchev–Trinajstić information content (AvgIpc) is 2.88. The van der Waals surface area contributed by atoms with Crippen LogP contribution >= 0.6 is 0 Å². The number of hydrogen-bond acceptors (Lipinski definition) is 7. The summed E-state index contributed by atoms with van der Waals surface area (Å²) >= 11 is 0. The molecule has 0 bridgehead atoms. The fourth-order valence-corrected chi connectivity index (χ4v) is 3.96. The Morgan fingerprint density at radius 3 is 2.56 bits per heavy atom. The highest BCUT2D eigenvalue weighted by atomic mass is 16.5. The van der Waals surface area contributed by atoms with Gasteiger partial charge >= 0.3 is 11.7 Å². The van der Waals surface area contributed by atoms with Crippen LogP contribution in [0.1, 0.15) is 18.1 Å². The van der Waals surface area contributed by atoms with Crippen LogP contribution in [0.4, 0.5) is 11.5 Å². The Balaban J connectivity index is 1.51. The number of nitrogen functional groups attached to an aromatic ring is 1. The Labute approximate surface area is 206 Å². The lowest BCUT2D eigenvalue weighted by Gasteiger charge is -2.23. The summed E-state index contributed by atoms with van der Waals surface area (Å²) in [5, 5.41) is 0.886. The highest BCUT2D eigenvalue weighted by molar-refractivity contribution is 5.97. The summed E-state index contributed by atoms with van der Waals surface area (Å²) in [5.74, 6) is -1.42. The molecule has 0 radical (unpaired) electrons. The summed E-state index contributed by atoms with van der Waals surface area (Å²) in [5.41, 5.74) is 6.67. The van der Waals surface area contributed by atoms with Gasteiger partial charge in [-0.1, -0.05) is 54.6 Å². The summed E-state index contributed by atoms with van der Waals surface area (Å²) in [4.78, 5) is 58.1. The lowest BCUT2D eigenvalue weighted by Crippen LogP contribution is -2.42. The molecule has 2 aromatic heterocycles. The Morgan fingerprint density at radius 1 is 1.06 bits per heavy atom. The molecule has 0 saturated carbocycles. The summed E-state index contributed by atoms with van der Waals surface area (Å²) in [6, 6.07) is 18.2. The highest BCUT2D eigenvalue weighted by Gasteiger charge is 2.24. The van der Waals surface area contributed by atoms with Gasteiger partial charge in [-0.15, -0.1) is 0 Å². The van der Waals surface area contributed by atoms with Gasteiger partial charge in [-0.2, -0.15) is 0 Å². The number of hydrogen-bond donors (Lipinski definition) is 2. The number of H-pyrrole nitrogens is 1. The van der Waals surface area contributed by atoms with E-state index in [0.29, 0.717) is 11.1 Å². The van der Waals surface area contributed by atoms with Crippen LogP contribution in [0.15, 0.2) is 76.4 Å². The predicted octanol–water partition coefficient (Wildman–Crippen LogP) is 1.85. The summed E-state index contributed by atoms with van der Waals surface area (Å²) in [6.07, 6.45) is 1.57. The number of nitrogens with one attached hydrogen (secondary N) is 1. The number of amides is 1. The number of rotatable bonds is 8. The number of fused-ring (bicyclic) bond motifs is 1. The van der Waals surface area contributed by atoms with Gasteiger partial charge in [0.2, 0.25) is 0 Å². The highest BCUT2D eigenvalue weighted by Crippen LogP contribution is 2.19. The Bertz CT molecular complexity index is 1520. The first-order valence-corrected chi connectivity index (χ1v) is 11.3. The molecule has 184 valence electrons. The summed E-state index contributed by atoms with van der Waals surface area (Å²) in [6.45, 7) is 1.23. The summed E-state index contributed by atoms with van der Waals surface area (Å²) in [7, 11) is 0. The number of para-hydroxylation sites is 1. The smallest absolute Gasteiger partial charge is 0.330 e. The van der Waals surface area contributed by atoms with Crippen LogP contribution in [0.2, 0.25) is 0 Å². The third kappa shape index (κ3) is 5.17. The Hall–Kier alpha value is -4.73. The molecule has 0 atom stereocenters. The molecule has 0 fully saturated rings. The molecule has 4 rings (SSSR count). The lowest BCUT2D eigenvalue weighted by atomic mass is 10.1. The average molecular weight is 488 g/mol. The van der Waals surface area contributed by atoms with E-state index in [-0.39, 0.29) is 31.0 Å². The first kappa shape index (κ1) is 24.4. The Morgan fingerprint density at radius 2 is 1.81 bits per heavy atom. The molecule has 0 saturated heterocycles. The monoisotopic (exact) mass is 487 g/mol. The van der Waals surface area contributed by atoms with Crippen LogP contribution in [0.25, 0.3) is 10.9 Å². The second-order valence-electron chi connectivity index (χ2n) is 8.03. The van der Waals surface area contributed by atoms with Crippen LogP contribution in [0.3, 0.4) is 0 Å². The van der Waals surface area contributed by atoms with E-state index in [4.69, 9.17) is 10.5 Å². The number of likely N-dealkylation sites (N-methyl/N-ethyl adjacent to an activating group) is 1.